The highest BCUT2D eigenvalue weighted by molar-refractivity contribution is 6.06. The van der Waals surface area contributed by atoms with E-state index in [1.807, 2.05) is 13.0 Å². The number of carbonyl (C=O) groups is 3. The van der Waals surface area contributed by atoms with Gasteiger partial charge in [-0.25, -0.2) is 4.79 Å². The van der Waals surface area contributed by atoms with Crippen molar-refractivity contribution in [2.45, 2.75) is 92.9 Å². The number of rotatable bonds is 9. The zero-order chi connectivity index (χ0) is 38.6. The molecule has 0 unspecified atom stereocenters. The molecule has 0 radical (unpaired) electrons. The normalized spacial score (nSPS) is 33.4. The molecule has 1 aromatic carbocycles. The standard InChI is InChI=1S/C44H53NO8/c1-27-30-11-13-35-42(4,31(30)24-32(46)37(27)47)17-19-44(6)36-25-41(3,15-14-40(36,2)16-18-43(35,44)5)39(49)53-21-9-20-52-34-23-28(10-12-33(34)50-7)22-29(26-45)38(48)51-8/h10-13,22-24,36,47H,9,14-21,25H2,1-8H3/b29-22-/t36-,40-,41-,42+,43-,44+/m1/s1. The summed E-state index contributed by atoms with van der Waals surface area (Å²) in [5.74, 6) is -0.0998. The van der Waals surface area contributed by atoms with Crippen LogP contribution in [-0.4, -0.2) is 50.3 Å². The first kappa shape index (κ1) is 38.2. The second kappa shape index (κ2) is 13.7. The lowest BCUT2D eigenvalue weighted by atomic mass is 9.34. The van der Waals surface area contributed by atoms with Gasteiger partial charge in [-0.15, -0.1) is 0 Å². The zero-order valence-corrected chi connectivity index (χ0v) is 32.4. The lowest BCUT2D eigenvalue weighted by Gasteiger charge is -2.70. The number of ketones is 1. The zero-order valence-electron chi connectivity index (χ0n) is 32.4. The average molecular weight is 724 g/mol. The monoisotopic (exact) mass is 723 g/mol. The average Bonchev–Trinajstić information content (AvgIpc) is 3.14. The molecule has 0 aliphatic heterocycles. The minimum absolute atomic E-state index is 0.0631. The van der Waals surface area contributed by atoms with Crippen molar-refractivity contribution in [1.82, 2.24) is 0 Å². The second-order valence-corrected chi connectivity index (χ2v) is 17.0. The Balaban J connectivity index is 1.14. The molecule has 3 fully saturated rings. The molecule has 1 N–H and O–H groups in total. The maximum atomic E-state index is 13.9. The van der Waals surface area contributed by atoms with Crippen molar-refractivity contribution in [2.75, 3.05) is 27.4 Å². The summed E-state index contributed by atoms with van der Waals surface area (Å²) in [5.41, 5.74) is 3.49. The quantitative estimate of drug-likeness (QED) is 0.115. The van der Waals surface area contributed by atoms with Crippen LogP contribution in [0, 0.1) is 44.3 Å². The predicted molar refractivity (Wildman–Crippen MR) is 201 cm³/mol. The number of esters is 2. The van der Waals surface area contributed by atoms with Crippen LogP contribution in [-0.2, 0) is 23.9 Å². The summed E-state index contributed by atoms with van der Waals surface area (Å²) >= 11 is 0. The summed E-state index contributed by atoms with van der Waals surface area (Å²) in [6, 6.07) is 6.95. The van der Waals surface area contributed by atoms with E-state index in [9.17, 15) is 24.8 Å². The van der Waals surface area contributed by atoms with Gasteiger partial charge in [0, 0.05) is 17.4 Å². The number of carbonyl (C=O) groups excluding carboxylic acids is 3. The van der Waals surface area contributed by atoms with Gasteiger partial charge in [0.2, 0.25) is 5.78 Å². The van der Waals surface area contributed by atoms with Crippen LogP contribution in [0.3, 0.4) is 0 Å². The Hall–Kier alpha value is -4.58. The van der Waals surface area contributed by atoms with Crippen LogP contribution in [0.1, 0.15) is 98.5 Å². The molecule has 6 rings (SSSR count). The van der Waals surface area contributed by atoms with E-state index in [1.54, 1.807) is 24.3 Å². The Morgan fingerprint density at radius 2 is 1.72 bits per heavy atom. The van der Waals surface area contributed by atoms with Crippen molar-refractivity contribution in [3.63, 3.8) is 0 Å². The third-order valence-electron chi connectivity index (χ3n) is 14.2. The van der Waals surface area contributed by atoms with E-state index in [0.717, 1.165) is 56.1 Å². The molecule has 0 aromatic heterocycles. The third-order valence-corrected chi connectivity index (χ3v) is 14.2. The molecular weight excluding hydrogens is 670 g/mol. The second-order valence-electron chi connectivity index (χ2n) is 17.0. The SMILES string of the molecule is COC(=O)/C(C#N)=C\c1ccc(OC)c(OCCCOC(=O)[C@]2(C)CC[C@]3(C)CC[C@]4(C)C5=CC=C6C(=CC(=O)C(O)=C6C)[C@]5(C)CC[C@@]4(C)[C@@H]3C2)c1. The van der Waals surface area contributed by atoms with Gasteiger partial charge in [-0.05, 0) is 122 Å². The van der Waals surface area contributed by atoms with Crippen molar-refractivity contribution < 1.29 is 38.4 Å². The van der Waals surface area contributed by atoms with Gasteiger partial charge in [0.05, 0.1) is 32.8 Å². The van der Waals surface area contributed by atoms with E-state index in [-0.39, 0.29) is 58.0 Å². The number of nitriles is 1. The topological polar surface area (TPSA) is 132 Å². The van der Waals surface area contributed by atoms with E-state index in [0.29, 0.717) is 35.0 Å². The smallest absolute Gasteiger partial charge is 0.348 e. The van der Waals surface area contributed by atoms with Crippen LogP contribution < -0.4 is 9.47 Å². The van der Waals surface area contributed by atoms with E-state index < -0.39 is 11.4 Å². The van der Waals surface area contributed by atoms with Crippen LogP contribution >= 0.6 is 0 Å². The molecule has 9 heteroatoms. The van der Waals surface area contributed by atoms with Crippen LogP contribution in [0.25, 0.3) is 6.08 Å². The summed E-state index contributed by atoms with van der Waals surface area (Å²) in [7, 11) is 2.76. The van der Waals surface area contributed by atoms with E-state index >= 15 is 0 Å². The van der Waals surface area contributed by atoms with Crippen LogP contribution in [0.5, 0.6) is 11.5 Å². The van der Waals surface area contributed by atoms with Gasteiger partial charge in [0.15, 0.2) is 17.3 Å². The number of methoxy groups -OCH3 is 2. The number of hydrogen-bond acceptors (Lipinski definition) is 9. The number of aliphatic hydroxyl groups excluding tert-OH is 1. The summed E-state index contributed by atoms with van der Waals surface area (Å²) < 4.78 is 22.1. The summed E-state index contributed by atoms with van der Waals surface area (Å²) in [4.78, 5) is 38.6. The Morgan fingerprint density at radius 1 is 0.981 bits per heavy atom. The number of fused-ring (bicyclic) bond motifs is 7. The molecule has 0 heterocycles. The predicted octanol–water partition coefficient (Wildman–Crippen LogP) is 8.71. The summed E-state index contributed by atoms with van der Waals surface area (Å²) in [6.07, 6.45) is 14.5. The number of allylic oxidation sites excluding steroid dienone is 7. The number of aliphatic hydroxyl groups is 1. The third kappa shape index (κ3) is 6.12. The maximum absolute atomic E-state index is 13.9. The first-order valence-electron chi connectivity index (χ1n) is 18.8. The van der Waals surface area contributed by atoms with Gasteiger partial charge in [-0.1, -0.05) is 51.5 Å². The highest BCUT2D eigenvalue weighted by Crippen LogP contribution is 2.75. The van der Waals surface area contributed by atoms with Crippen molar-refractivity contribution >= 4 is 23.8 Å². The van der Waals surface area contributed by atoms with Gasteiger partial charge in [0.25, 0.3) is 0 Å². The van der Waals surface area contributed by atoms with Crippen molar-refractivity contribution in [3.05, 3.63) is 75.6 Å². The summed E-state index contributed by atoms with van der Waals surface area (Å²) in [5, 5.41) is 19.8. The molecule has 3 saturated carbocycles. The number of benzene rings is 1. The molecule has 282 valence electrons. The lowest BCUT2D eigenvalue weighted by Crippen LogP contribution is -2.62. The Labute approximate surface area is 313 Å². The number of hydrogen-bond donors (Lipinski definition) is 1. The Morgan fingerprint density at radius 3 is 2.42 bits per heavy atom. The molecule has 5 aliphatic rings. The minimum atomic E-state index is -0.721. The molecule has 1 aromatic rings. The fourth-order valence-electron chi connectivity index (χ4n) is 10.5. The lowest BCUT2D eigenvalue weighted by molar-refractivity contribution is -0.182. The van der Waals surface area contributed by atoms with E-state index in [2.05, 4.69) is 51.5 Å². The molecule has 9 nitrogen and oxygen atoms in total. The highest BCUT2D eigenvalue weighted by atomic mass is 16.5. The van der Waals surface area contributed by atoms with Gasteiger partial charge in [-0.3, -0.25) is 9.59 Å². The molecule has 0 bridgehead atoms. The van der Waals surface area contributed by atoms with Gasteiger partial charge < -0.3 is 24.1 Å². The summed E-state index contributed by atoms with van der Waals surface area (Å²) in [6.45, 7) is 14.0. The van der Waals surface area contributed by atoms with Gasteiger partial charge in [-0.2, -0.15) is 5.26 Å². The molecular formula is C44H53NO8. The van der Waals surface area contributed by atoms with Crippen LogP contribution in [0.15, 0.2) is 70.1 Å². The molecule has 0 amide bonds. The fourth-order valence-corrected chi connectivity index (χ4v) is 10.5. The highest BCUT2D eigenvalue weighted by Gasteiger charge is 2.67. The Bertz CT molecular complexity index is 1940. The minimum Gasteiger partial charge on any atom is -0.504 e. The van der Waals surface area contributed by atoms with Gasteiger partial charge in [0.1, 0.15) is 11.6 Å². The van der Waals surface area contributed by atoms with Crippen molar-refractivity contribution in [2.24, 2.45) is 33.0 Å². The molecule has 6 atom stereocenters. The first-order valence-corrected chi connectivity index (χ1v) is 18.8. The molecule has 0 spiro atoms. The molecule has 5 aliphatic carbocycles. The van der Waals surface area contributed by atoms with Gasteiger partial charge >= 0.3 is 11.9 Å². The number of nitrogens with zero attached hydrogens (tertiary/aromatic N) is 1. The van der Waals surface area contributed by atoms with E-state index in [1.165, 1.54) is 25.9 Å². The Kier molecular flexibility index (Phi) is 9.85. The first-order chi connectivity index (χ1) is 25.0. The van der Waals surface area contributed by atoms with Crippen molar-refractivity contribution in [3.8, 4) is 17.6 Å². The van der Waals surface area contributed by atoms with Crippen LogP contribution in [0.2, 0.25) is 0 Å². The fraction of sp³-hybridized carbons (Fsp3) is 0.545. The largest absolute Gasteiger partial charge is 0.504 e. The van der Waals surface area contributed by atoms with E-state index in [4.69, 9.17) is 14.2 Å². The van der Waals surface area contributed by atoms with Crippen LogP contribution in [0.4, 0.5) is 0 Å². The molecule has 53 heavy (non-hydrogen) atoms. The number of ether oxygens (including phenoxy) is 4. The maximum Gasteiger partial charge on any atom is 0.348 e. The molecule has 0 saturated heterocycles. The van der Waals surface area contributed by atoms with Crippen molar-refractivity contribution in [1.29, 1.82) is 5.26 Å².